The molecular formula is C23H26N6O3. The highest BCUT2D eigenvalue weighted by Crippen LogP contribution is 2.31. The summed E-state index contributed by atoms with van der Waals surface area (Å²) in [6, 6.07) is 7.30. The number of aryl methyl sites for hydroxylation is 2. The summed E-state index contributed by atoms with van der Waals surface area (Å²) in [7, 11) is 3.40. The van der Waals surface area contributed by atoms with Crippen LogP contribution >= 0.6 is 0 Å². The van der Waals surface area contributed by atoms with E-state index in [2.05, 4.69) is 20.3 Å². The highest BCUT2D eigenvalue weighted by Gasteiger charge is 2.34. The number of carbonyl (C=O) groups excluding carboxylic acids is 2. The summed E-state index contributed by atoms with van der Waals surface area (Å²) >= 11 is 0. The average Bonchev–Trinajstić information content (AvgIpc) is 3.46. The monoisotopic (exact) mass is 434 g/mol. The van der Waals surface area contributed by atoms with Gasteiger partial charge in [-0.25, -0.2) is 15.0 Å². The first-order chi connectivity index (χ1) is 15.5. The van der Waals surface area contributed by atoms with E-state index in [-0.39, 0.29) is 17.9 Å². The van der Waals surface area contributed by atoms with Crippen molar-refractivity contribution in [3.63, 3.8) is 0 Å². The number of amides is 2. The van der Waals surface area contributed by atoms with Crippen LogP contribution < -0.4 is 10.1 Å². The molecule has 2 amide bonds. The summed E-state index contributed by atoms with van der Waals surface area (Å²) in [6.45, 7) is 2.74. The van der Waals surface area contributed by atoms with Gasteiger partial charge in [0, 0.05) is 44.3 Å². The quantitative estimate of drug-likeness (QED) is 0.639. The molecule has 0 saturated carbocycles. The van der Waals surface area contributed by atoms with Crippen LogP contribution in [0, 0.1) is 6.92 Å². The molecule has 9 heteroatoms. The molecule has 0 aliphatic carbocycles. The molecule has 1 aromatic carbocycles. The number of nitrogens with zero attached hydrogens (tertiary/aromatic N) is 5. The molecule has 32 heavy (non-hydrogen) atoms. The van der Waals surface area contributed by atoms with E-state index in [1.165, 1.54) is 6.20 Å². The Balaban J connectivity index is 1.48. The van der Waals surface area contributed by atoms with Gasteiger partial charge >= 0.3 is 0 Å². The molecule has 1 fully saturated rings. The number of nitrogens with one attached hydrogen (secondary N) is 1. The third kappa shape index (κ3) is 4.18. The third-order valence-corrected chi connectivity index (χ3v) is 5.70. The molecule has 1 aliphatic rings. The van der Waals surface area contributed by atoms with Crippen molar-refractivity contribution in [2.24, 2.45) is 7.05 Å². The second-order valence-corrected chi connectivity index (χ2v) is 7.74. The molecule has 1 N–H and O–H groups in total. The maximum Gasteiger partial charge on any atom is 0.290 e. The highest BCUT2D eigenvalue weighted by atomic mass is 16.5. The lowest BCUT2D eigenvalue weighted by molar-refractivity contribution is 0.0713. The molecule has 1 unspecified atom stereocenters. The molecule has 3 heterocycles. The van der Waals surface area contributed by atoms with Crippen LogP contribution in [-0.4, -0.2) is 49.9 Å². The van der Waals surface area contributed by atoms with Crippen LogP contribution in [0.1, 0.15) is 56.9 Å². The highest BCUT2D eigenvalue weighted by molar-refractivity contribution is 5.95. The first kappa shape index (κ1) is 21.5. The molecule has 0 bridgehead atoms. The molecule has 1 saturated heterocycles. The number of aromatic nitrogens is 4. The zero-order chi connectivity index (χ0) is 22.7. The fourth-order valence-corrected chi connectivity index (χ4v) is 3.97. The maximum atomic E-state index is 13.0. The minimum absolute atomic E-state index is 0.139. The minimum Gasteiger partial charge on any atom is -0.496 e. The Morgan fingerprint density at radius 3 is 2.78 bits per heavy atom. The number of carbonyl (C=O) groups is 2. The summed E-state index contributed by atoms with van der Waals surface area (Å²) in [5.74, 6) is 1.26. The minimum atomic E-state index is -0.257. The van der Waals surface area contributed by atoms with Gasteiger partial charge in [-0.1, -0.05) is 18.2 Å². The summed E-state index contributed by atoms with van der Waals surface area (Å²) in [5, 5.41) is 2.90. The van der Waals surface area contributed by atoms with E-state index >= 15 is 0 Å². The van der Waals surface area contributed by atoms with Crippen molar-refractivity contribution >= 4 is 11.8 Å². The zero-order valence-corrected chi connectivity index (χ0v) is 18.4. The van der Waals surface area contributed by atoms with E-state index in [1.807, 2.05) is 24.3 Å². The van der Waals surface area contributed by atoms with Crippen LogP contribution in [0.5, 0.6) is 5.75 Å². The second kappa shape index (κ2) is 9.17. The van der Waals surface area contributed by atoms with Crippen LogP contribution in [0.15, 0.2) is 42.9 Å². The van der Waals surface area contributed by atoms with Crippen LogP contribution in [0.3, 0.4) is 0 Å². The van der Waals surface area contributed by atoms with Gasteiger partial charge in [0.25, 0.3) is 11.8 Å². The fourth-order valence-electron chi connectivity index (χ4n) is 3.97. The van der Waals surface area contributed by atoms with Gasteiger partial charge in [-0.2, -0.15) is 0 Å². The first-order valence-corrected chi connectivity index (χ1v) is 10.5. The first-order valence-electron chi connectivity index (χ1n) is 10.5. The Bertz CT molecular complexity index is 1140. The molecule has 3 aromatic rings. The predicted molar refractivity (Wildman–Crippen MR) is 117 cm³/mol. The number of likely N-dealkylation sites (tertiary alicyclic amines) is 1. The molecule has 0 radical (unpaired) electrons. The van der Waals surface area contributed by atoms with Crippen LogP contribution in [0.2, 0.25) is 0 Å². The number of hydrogen-bond donors (Lipinski definition) is 1. The van der Waals surface area contributed by atoms with Gasteiger partial charge < -0.3 is 19.5 Å². The van der Waals surface area contributed by atoms with Gasteiger partial charge in [0.1, 0.15) is 5.75 Å². The lowest BCUT2D eigenvalue weighted by Crippen LogP contribution is -2.33. The smallest absolute Gasteiger partial charge is 0.290 e. The number of imidazole rings is 1. The largest absolute Gasteiger partial charge is 0.496 e. The van der Waals surface area contributed by atoms with Gasteiger partial charge in [0.05, 0.1) is 24.4 Å². The SMILES string of the molecule is COc1ccccc1CNC(=O)c1cnc(C2CCCN2C(=O)c2nccn2C)nc1C. The Hall–Kier alpha value is -3.75. The van der Waals surface area contributed by atoms with Gasteiger partial charge in [0.15, 0.2) is 11.6 Å². The van der Waals surface area contributed by atoms with E-state index in [9.17, 15) is 9.59 Å². The topological polar surface area (TPSA) is 102 Å². The molecule has 1 aliphatic heterocycles. The standard InChI is InChI=1S/C23H26N6O3/c1-15-17(22(30)26-13-16-7-4-5-9-19(16)32-3)14-25-20(27-15)18-8-6-11-29(18)23(31)21-24-10-12-28(21)2/h4-5,7,9-10,12,14,18H,6,8,11,13H2,1-3H3,(H,26,30). The van der Waals surface area contributed by atoms with Gasteiger partial charge in [-0.15, -0.1) is 0 Å². The van der Waals surface area contributed by atoms with Gasteiger partial charge in [-0.3, -0.25) is 9.59 Å². The second-order valence-electron chi connectivity index (χ2n) is 7.74. The number of benzene rings is 1. The predicted octanol–water partition coefficient (Wildman–Crippen LogP) is 2.43. The van der Waals surface area contributed by atoms with Crippen molar-refractivity contribution in [1.29, 1.82) is 0 Å². The third-order valence-electron chi connectivity index (χ3n) is 5.70. The van der Waals surface area contributed by atoms with E-state index in [0.717, 1.165) is 24.2 Å². The van der Waals surface area contributed by atoms with Gasteiger partial charge in [-0.05, 0) is 25.8 Å². The molecule has 0 spiro atoms. The zero-order valence-electron chi connectivity index (χ0n) is 18.4. The van der Waals surface area contributed by atoms with Crippen molar-refractivity contribution in [3.8, 4) is 5.75 Å². The Morgan fingerprint density at radius 2 is 2.06 bits per heavy atom. The molecule has 166 valence electrons. The lowest BCUT2D eigenvalue weighted by Gasteiger charge is -2.23. The van der Waals surface area contributed by atoms with Crippen LogP contribution in [0.4, 0.5) is 0 Å². The summed E-state index contributed by atoms with van der Waals surface area (Å²) in [5.41, 5.74) is 1.86. The van der Waals surface area contributed by atoms with E-state index in [4.69, 9.17) is 4.74 Å². The summed E-state index contributed by atoms with van der Waals surface area (Å²) < 4.78 is 7.04. The summed E-state index contributed by atoms with van der Waals surface area (Å²) in [4.78, 5) is 40.7. The Labute approximate surface area is 186 Å². The Morgan fingerprint density at radius 1 is 1.25 bits per heavy atom. The number of rotatable bonds is 6. The van der Waals surface area contributed by atoms with Crippen molar-refractivity contribution in [3.05, 3.63) is 71.3 Å². The van der Waals surface area contributed by atoms with E-state index < -0.39 is 0 Å². The fraction of sp³-hybridized carbons (Fsp3) is 0.348. The number of hydrogen-bond acceptors (Lipinski definition) is 6. The lowest BCUT2D eigenvalue weighted by atomic mass is 10.1. The number of ether oxygens (including phenoxy) is 1. The normalized spacial score (nSPS) is 15.6. The molecule has 2 aromatic heterocycles. The number of para-hydroxylation sites is 1. The van der Waals surface area contributed by atoms with Gasteiger partial charge in [0.2, 0.25) is 0 Å². The van der Waals surface area contributed by atoms with Crippen molar-refractivity contribution in [2.45, 2.75) is 32.4 Å². The Kier molecular flexibility index (Phi) is 6.16. The van der Waals surface area contributed by atoms with Crippen LogP contribution in [-0.2, 0) is 13.6 Å². The van der Waals surface area contributed by atoms with Crippen LogP contribution in [0.25, 0.3) is 0 Å². The van der Waals surface area contributed by atoms with Crippen molar-refractivity contribution in [1.82, 2.24) is 29.7 Å². The average molecular weight is 435 g/mol. The molecular weight excluding hydrogens is 408 g/mol. The van der Waals surface area contributed by atoms with E-state index in [1.54, 1.807) is 42.9 Å². The summed E-state index contributed by atoms with van der Waals surface area (Å²) in [6.07, 6.45) is 6.53. The molecule has 1 atom stereocenters. The molecule has 4 rings (SSSR count). The van der Waals surface area contributed by atoms with E-state index in [0.29, 0.717) is 36.0 Å². The maximum absolute atomic E-state index is 13.0. The number of methoxy groups -OCH3 is 1. The molecule has 9 nitrogen and oxygen atoms in total. The van der Waals surface area contributed by atoms with Crippen molar-refractivity contribution in [2.75, 3.05) is 13.7 Å². The van der Waals surface area contributed by atoms with Crippen molar-refractivity contribution < 1.29 is 14.3 Å².